The average molecular weight is 467 g/mol. The number of anilines is 1. The van der Waals surface area contributed by atoms with Crippen molar-refractivity contribution in [1.29, 1.82) is 0 Å². The van der Waals surface area contributed by atoms with Gasteiger partial charge in [0.05, 0.1) is 23.6 Å². The van der Waals surface area contributed by atoms with Gasteiger partial charge in [-0.15, -0.1) is 0 Å². The topological polar surface area (TPSA) is 95.0 Å². The molecule has 2 aromatic carbocycles. The van der Waals surface area contributed by atoms with Gasteiger partial charge in [0.1, 0.15) is 0 Å². The molecule has 148 valence electrons. The average Bonchev–Trinajstić information content (AvgIpc) is 2.66. The van der Waals surface area contributed by atoms with Crippen LogP contribution in [-0.4, -0.2) is 55.0 Å². The van der Waals surface area contributed by atoms with Crippen molar-refractivity contribution in [2.45, 2.75) is 6.54 Å². The van der Waals surface area contributed by atoms with Crippen LogP contribution in [-0.2, 0) is 16.4 Å². The molecule has 1 aliphatic heterocycles. The Morgan fingerprint density at radius 1 is 1.07 bits per heavy atom. The third-order valence-corrected chi connectivity index (χ3v) is 6.61. The van der Waals surface area contributed by atoms with Crippen molar-refractivity contribution >= 4 is 43.5 Å². The predicted molar refractivity (Wildman–Crippen MR) is 109 cm³/mol. The molecule has 7 nitrogen and oxygen atoms in total. The van der Waals surface area contributed by atoms with Crippen molar-refractivity contribution in [3.63, 3.8) is 0 Å². The zero-order valence-corrected chi connectivity index (χ0v) is 17.3. The molecule has 2 amide bonds. The van der Waals surface area contributed by atoms with Crippen molar-refractivity contribution < 1.29 is 23.1 Å². The van der Waals surface area contributed by atoms with E-state index in [1.165, 1.54) is 17.0 Å². The first-order valence-corrected chi connectivity index (χ1v) is 11.2. The molecule has 0 saturated carbocycles. The number of sulfone groups is 1. The Morgan fingerprint density at radius 2 is 1.71 bits per heavy atom. The van der Waals surface area contributed by atoms with Crippen LogP contribution in [0.4, 0.5) is 10.5 Å². The van der Waals surface area contributed by atoms with Crippen LogP contribution < -0.4 is 4.90 Å². The lowest BCUT2D eigenvalue weighted by atomic mass is 10.1. The van der Waals surface area contributed by atoms with Gasteiger partial charge in [-0.2, -0.15) is 0 Å². The number of halogens is 1. The smallest absolute Gasteiger partial charge is 0.335 e. The number of carbonyl (C=O) groups is 2. The number of carboxylic acid groups (broad SMARTS) is 1. The lowest BCUT2D eigenvalue weighted by Crippen LogP contribution is -2.49. The van der Waals surface area contributed by atoms with Crippen molar-refractivity contribution in [3.05, 3.63) is 64.1 Å². The maximum absolute atomic E-state index is 13.1. The van der Waals surface area contributed by atoms with E-state index in [1.54, 1.807) is 23.1 Å². The minimum Gasteiger partial charge on any atom is -0.478 e. The summed E-state index contributed by atoms with van der Waals surface area (Å²) in [6.45, 7) is 0.547. The zero-order valence-electron chi connectivity index (χ0n) is 14.9. The molecule has 0 unspecified atom stereocenters. The van der Waals surface area contributed by atoms with Crippen LogP contribution in [0.15, 0.2) is 53.0 Å². The Hall–Kier alpha value is -2.39. The molecule has 0 bridgehead atoms. The summed E-state index contributed by atoms with van der Waals surface area (Å²) in [6, 6.07) is 13.3. The fourth-order valence-corrected chi connectivity index (χ4v) is 4.51. The highest BCUT2D eigenvalue weighted by Crippen LogP contribution is 2.24. The van der Waals surface area contributed by atoms with E-state index < -0.39 is 15.8 Å². The highest BCUT2D eigenvalue weighted by Gasteiger charge is 2.29. The number of hydrogen-bond acceptors (Lipinski definition) is 4. The lowest BCUT2D eigenvalue weighted by Gasteiger charge is -2.33. The second-order valence-electron chi connectivity index (χ2n) is 6.49. The van der Waals surface area contributed by atoms with Crippen LogP contribution in [0.2, 0.25) is 0 Å². The summed E-state index contributed by atoms with van der Waals surface area (Å²) in [6.07, 6.45) is 0. The highest BCUT2D eigenvalue weighted by molar-refractivity contribution is 9.10. The standard InChI is InChI=1S/C19H19BrN2O5S/c20-16-2-1-3-17(12-16)22(13-14-4-6-15(7-5-14)18(23)24)19(25)21-8-10-28(26,27)11-9-21/h1-7,12H,8-11,13H2,(H,23,24). The number of hydrogen-bond donors (Lipinski definition) is 1. The number of nitrogens with zero attached hydrogens (tertiary/aromatic N) is 2. The number of aromatic carboxylic acids is 1. The van der Waals surface area contributed by atoms with E-state index in [0.29, 0.717) is 5.69 Å². The van der Waals surface area contributed by atoms with Gasteiger partial charge in [-0.25, -0.2) is 18.0 Å². The zero-order chi connectivity index (χ0) is 20.3. The van der Waals surface area contributed by atoms with Crippen LogP contribution in [0.5, 0.6) is 0 Å². The number of carbonyl (C=O) groups excluding carboxylic acids is 1. The molecule has 1 aliphatic rings. The SMILES string of the molecule is O=C(O)c1ccc(CN(C(=O)N2CCS(=O)(=O)CC2)c2cccc(Br)c2)cc1. The summed E-state index contributed by atoms with van der Waals surface area (Å²) in [7, 11) is -3.09. The molecule has 28 heavy (non-hydrogen) atoms. The lowest BCUT2D eigenvalue weighted by molar-refractivity contribution is 0.0697. The van der Waals surface area contributed by atoms with E-state index in [4.69, 9.17) is 5.11 Å². The molecule has 0 radical (unpaired) electrons. The third kappa shape index (κ3) is 4.90. The van der Waals surface area contributed by atoms with E-state index in [2.05, 4.69) is 15.9 Å². The van der Waals surface area contributed by atoms with Gasteiger partial charge in [0, 0.05) is 23.2 Å². The van der Waals surface area contributed by atoms with E-state index in [9.17, 15) is 18.0 Å². The number of benzene rings is 2. The molecule has 1 N–H and O–H groups in total. The van der Waals surface area contributed by atoms with Crippen LogP contribution in [0, 0.1) is 0 Å². The van der Waals surface area contributed by atoms with Gasteiger partial charge in [-0.1, -0.05) is 34.1 Å². The minimum absolute atomic E-state index is 0.0433. The molecular formula is C19H19BrN2O5S. The van der Waals surface area contributed by atoms with E-state index in [-0.39, 0.29) is 42.7 Å². The van der Waals surface area contributed by atoms with Gasteiger partial charge in [-0.3, -0.25) is 4.90 Å². The molecule has 9 heteroatoms. The number of urea groups is 1. The number of rotatable bonds is 4. The van der Waals surface area contributed by atoms with Crippen LogP contribution >= 0.6 is 15.9 Å². The monoisotopic (exact) mass is 466 g/mol. The first kappa shape index (κ1) is 20.3. The quantitative estimate of drug-likeness (QED) is 0.746. The van der Waals surface area contributed by atoms with Gasteiger partial charge in [0.25, 0.3) is 0 Å². The number of carboxylic acids is 1. The van der Waals surface area contributed by atoms with Gasteiger partial charge in [0.15, 0.2) is 9.84 Å². The molecule has 0 spiro atoms. The molecular weight excluding hydrogens is 448 g/mol. The summed E-state index contributed by atoms with van der Waals surface area (Å²) in [5, 5.41) is 9.04. The van der Waals surface area contributed by atoms with Crippen molar-refractivity contribution in [2.75, 3.05) is 29.5 Å². The molecule has 2 aromatic rings. The van der Waals surface area contributed by atoms with E-state index >= 15 is 0 Å². The summed E-state index contributed by atoms with van der Waals surface area (Å²) in [5.41, 5.74) is 1.60. The Bertz CT molecular complexity index is 978. The van der Waals surface area contributed by atoms with Crippen molar-refractivity contribution in [1.82, 2.24) is 4.90 Å². The fraction of sp³-hybridized carbons (Fsp3) is 0.263. The van der Waals surface area contributed by atoms with Crippen molar-refractivity contribution in [3.8, 4) is 0 Å². The maximum atomic E-state index is 13.1. The van der Waals surface area contributed by atoms with Crippen LogP contribution in [0.1, 0.15) is 15.9 Å². The second kappa shape index (κ2) is 8.32. The van der Waals surface area contributed by atoms with Crippen molar-refractivity contribution in [2.24, 2.45) is 0 Å². The predicted octanol–water partition coefficient (Wildman–Crippen LogP) is 3.00. The number of amides is 2. The normalized spacial score (nSPS) is 15.8. The van der Waals surface area contributed by atoms with Crippen LogP contribution in [0.3, 0.4) is 0 Å². The first-order chi connectivity index (χ1) is 13.2. The van der Waals surface area contributed by atoms with Crippen LogP contribution in [0.25, 0.3) is 0 Å². The molecule has 1 fully saturated rings. The molecule has 1 heterocycles. The summed E-state index contributed by atoms with van der Waals surface area (Å²) >= 11 is 3.41. The summed E-state index contributed by atoms with van der Waals surface area (Å²) < 4.78 is 24.2. The van der Waals surface area contributed by atoms with E-state index in [1.807, 2.05) is 18.2 Å². The summed E-state index contributed by atoms with van der Waals surface area (Å²) in [5.74, 6) is -1.10. The van der Waals surface area contributed by atoms with Gasteiger partial charge in [-0.05, 0) is 35.9 Å². The largest absolute Gasteiger partial charge is 0.478 e. The van der Waals surface area contributed by atoms with E-state index in [0.717, 1.165) is 10.0 Å². The highest BCUT2D eigenvalue weighted by atomic mass is 79.9. The van der Waals surface area contributed by atoms with Gasteiger partial charge >= 0.3 is 12.0 Å². The Morgan fingerprint density at radius 3 is 2.29 bits per heavy atom. The van der Waals surface area contributed by atoms with Gasteiger partial charge < -0.3 is 10.0 Å². The third-order valence-electron chi connectivity index (χ3n) is 4.51. The molecule has 3 rings (SSSR count). The molecule has 0 aliphatic carbocycles. The first-order valence-electron chi connectivity index (χ1n) is 8.60. The molecule has 1 saturated heterocycles. The maximum Gasteiger partial charge on any atom is 0.335 e. The molecule has 0 atom stereocenters. The fourth-order valence-electron chi connectivity index (χ4n) is 2.92. The summed E-state index contributed by atoms with van der Waals surface area (Å²) in [4.78, 5) is 27.3. The minimum atomic E-state index is -3.09. The Labute approximate surface area is 171 Å². The second-order valence-corrected chi connectivity index (χ2v) is 9.71. The Kier molecular flexibility index (Phi) is 6.04. The van der Waals surface area contributed by atoms with Gasteiger partial charge in [0.2, 0.25) is 0 Å². The molecule has 0 aromatic heterocycles. The Balaban J connectivity index is 1.87.